The van der Waals surface area contributed by atoms with Crippen molar-refractivity contribution in [3.8, 4) is 11.4 Å². The summed E-state index contributed by atoms with van der Waals surface area (Å²) in [5.74, 6) is 1.50. The van der Waals surface area contributed by atoms with Crippen molar-refractivity contribution in [2.75, 3.05) is 11.1 Å². The summed E-state index contributed by atoms with van der Waals surface area (Å²) < 4.78 is 40.7. The Morgan fingerprint density at radius 3 is 2.63 bits per heavy atom. The minimum atomic E-state index is -4.47. The van der Waals surface area contributed by atoms with Gasteiger partial charge in [0.2, 0.25) is 0 Å². The van der Waals surface area contributed by atoms with E-state index in [9.17, 15) is 13.2 Å². The number of imidazole rings is 1. The quantitative estimate of drug-likeness (QED) is 0.508. The van der Waals surface area contributed by atoms with Crippen LogP contribution >= 0.6 is 0 Å². The first-order valence-electron chi connectivity index (χ1n) is 7.78. The lowest BCUT2D eigenvalue weighted by Crippen LogP contribution is -2.05. The third-order valence-corrected chi connectivity index (χ3v) is 3.81. The fraction of sp³-hybridized carbons (Fsp3) is 0.125. The summed E-state index contributed by atoms with van der Waals surface area (Å²) in [5.41, 5.74) is 6.00. The summed E-state index contributed by atoms with van der Waals surface area (Å²) in [7, 11) is 0. The number of halogens is 3. The van der Waals surface area contributed by atoms with Crippen LogP contribution in [0.1, 0.15) is 11.4 Å². The normalized spacial score (nSPS) is 11.9. The first-order valence-corrected chi connectivity index (χ1v) is 7.78. The molecule has 0 aliphatic heterocycles. The highest BCUT2D eigenvalue weighted by molar-refractivity contribution is 5.78. The minimum absolute atomic E-state index is 0.108. The minimum Gasteiger partial charge on any atom is -0.384 e. The molecule has 11 heteroatoms. The zero-order valence-corrected chi connectivity index (χ0v) is 13.9. The van der Waals surface area contributed by atoms with E-state index in [1.165, 1.54) is 22.9 Å². The van der Waals surface area contributed by atoms with Crippen LogP contribution in [0.15, 0.2) is 36.7 Å². The van der Waals surface area contributed by atoms with Gasteiger partial charge in [-0.1, -0.05) is 0 Å². The highest BCUT2D eigenvalue weighted by Crippen LogP contribution is 2.34. The average Bonchev–Trinajstić information content (AvgIpc) is 3.19. The highest BCUT2D eigenvalue weighted by atomic mass is 19.4. The number of nitrogens with zero attached hydrogens (tertiary/aromatic N) is 5. The Kier molecular flexibility index (Phi) is 3.72. The molecule has 4 aromatic heterocycles. The smallest absolute Gasteiger partial charge is 0.384 e. The van der Waals surface area contributed by atoms with E-state index in [2.05, 4.69) is 30.5 Å². The zero-order chi connectivity index (χ0) is 19.2. The van der Waals surface area contributed by atoms with E-state index >= 15 is 0 Å². The summed E-state index contributed by atoms with van der Waals surface area (Å²) in [6.07, 6.45) is -1.64. The molecule has 138 valence electrons. The second kappa shape index (κ2) is 5.97. The Bertz CT molecular complexity index is 1090. The monoisotopic (exact) mass is 374 g/mol. The predicted octanol–water partition coefficient (Wildman–Crippen LogP) is 3.17. The number of aromatic nitrogens is 6. The predicted molar refractivity (Wildman–Crippen MR) is 92.2 cm³/mol. The lowest BCUT2D eigenvalue weighted by Gasteiger charge is -2.09. The van der Waals surface area contributed by atoms with Crippen LogP contribution in [-0.4, -0.2) is 29.5 Å². The number of hydrogen-bond acceptors (Lipinski definition) is 6. The van der Waals surface area contributed by atoms with Gasteiger partial charge in [-0.05, 0) is 19.1 Å². The summed E-state index contributed by atoms with van der Waals surface area (Å²) in [6.45, 7) is 1.67. The molecule has 4 N–H and O–H groups in total. The van der Waals surface area contributed by atoms with Gasteiger partial charge in [-0.3, -0.25) is 9.50 Å². The molecule has 0 aromatic carbocycles. The van der Waals surface area contributed by atoms with Crippen molar-refractivity contribution in [3.05, 3.63) is 48.0 Å². The van der Waals surface area contributed by atoms with E-state index in [1.54, 1.807) is 13.0 Å². The number of nitrogens with one attached hydrogen (secondary N) is 2. The maximum Gasteiger partial charge on any atom is 0.416 e. The second-order valence-electron chi connectivity index (χ2n) is 5.77. The van der Waals surface area contributed by atoms with Gasteiger partial charge < -0.3 is 11.1 Å². The average molecular weight is 374 g/mol. The van der Waals surface area contributed by atoms with E-state index in [1.807, 2.05) is 0 Å². The fourth-order valence-electron chi connectivity index (χ4n) is 2.72. The number of aromatic amines is 1. The molecule has 0 radical (unpaired) electrons. The topological polar surface area (TPSA) is 110 Å². The molecule has 0 saturated heterocycles. The molecular weight excluding hydrogens is 361 g/mol. The number of aryl methyl sites for hydroxylation is 1. The fourth-order valence-corrected chi connectivity index (χ4v) is 2.72. The van der Waals surface area contributed by atoms with Crippen molar-refractivity contribution in [3.63, 3.8) is 0 Å². The van der Waals surface area contributed by atoms with Gasteiger partial charge in [0.1, 0.15) is 28.8 Å². The van der Waals surface area contributed by atoms with E-state index < -0.39 is 11.7 Å². The number of nitrogen functional groups attached to an aromatic ring is 1. The van der Waals surface area contributed by atoms with Gasteiger partial charge in [0.15, 0.2) is 5.82 Å². The largest absolute Gasteiger partial charge is 0.416 e. The van der Waals surface area contributed by atoms with Crippen LogP contribution in [0, 0.1) is 6.92 Å². The molecular formula is C16H13F3N8. The first kappa shape index (κ1) is 16.8. The highest BCUT2D eigenvalue weighted by Gasteiger charge is 2.31. The lowest BCUT2D eigenvalue weighted by molar-refractivity contribution is -0.137. The number of alkyl halides is 3. The van der Waals surface area contributed by atoms with Crippen molar-refractivity contribution < 1.29 is 13.2 Å². The summed E-state index contributed by atoms with van der Waals surface area (Å²) in [4.78, 5) is 12.7. The maximum atomic E-state index is 13.1. The van der Waals surface area contributed by atoms with E-state index in [-0.39, 0.29) is 11.5 Å². The molecule has 0 aliphatic carbocycles. The van der Waals surface area contributed by atoms with Crippen LogP contribution in [0.4, 0.5) is 30.6 Å². The Morgan fingerprint density at radius 2 is 1.96 bits per heavy atom. The molecule has 0 spiro atoms. The molecule has 4 aromatic rings. The SMILES string of the molecule is Cc1nc(N)cc(-c2c(Nc3ccn[nH]3)nc3cc(C(F)(F)F)ccn23)n1. The van der Waals surface area contributed by atoms with Crippen LogP contribution in [0.5, 0.6) is 0 Å². The van der Waals surface area contributed by atoms with Crippen LogP contribution in [0.3, 0.4) is 0 Å². The maximum absolute atomic E-state index is 13.1. The molecule has 0 aliphatic rings. The van der Waals surface area contributed by atoms with Crippen molar-refractivity contribution in [2.45, 2.75) is 13.1 Å². The number of anilines is 3. The second-order valence-corrected chi connectivity index (χ2v) is 5.77. The number of fused-ring (bicyclic) bond motifs is 1. The third-order valence-electron chi connectivity index (χ3n) is 3.81. The zero-order valence-electron chi connectivity index (χ0n) is 13.9. The van der Waals surface area contributed by atoms with Crippen LogP contribution in [0.2, 0.25) is 0 Å². The standard InChI is InChI=1S/C16H13F3N8/c1-8-22-10(7-11(20)23-8)14-15(24-12-2-4-21-26-12)25-13-6-9(16(17,18)19)3-5-27(13)14/h2-7H,1H3,(H2,20,22,23)(H2,21,24,26). The van der Waals surface area contributed by atoms with Crippen molar-refractivity contribution in [1.29, 1.82) is 0 Å². The lowest BCUT2D eigenvalue weighted by atomic mass is 10.2. The number of hydrogen-bond donors (Lipinski definition) is 3. The number of H-pyrrole nitrogens is 1. The van der Waals surface area contributed by atoms with E-state index in [0.717, 1.165) is 12.1 Å². The molecule has 8 nitrogen and oxygen atoms in total. The molecule has 0 bridgehead atoms. The summed E-state index contributed by atoms with van der Waals surface area (Å²) in [6, 6.07) is 5.15. The van der Waals surface area contributed by atoms with Crippen molar-refractivity contribution in [1.82, 2.24) is 29.5 Å². The Hall–Kier alpha value is -3.63. The van der Waals surface area contributed by atoms with Crippen molar-refractivity contribution in [2.24, 2.45) is 0 Å². The molecule has 0 atom stereocenters. The summed E-state index contributed by atoms with van der Waals surface area (Å²) in [5, 5.41) is 9.56. The van der Waals surface area contributed by atoms with Gasteiger partial charge in [0, 0.05) is 18.3 Å². The number of pyridine rings is 1. The van der Waals surface area contributed by atoms with Gasteiger partial charge in [0.25, 0.3) is 0 Å². The summed E-state index contributed by atoms with van der Waals surface area (Å²) >= 11 is 0. The molecule has 0 fully saturated rings. The number of nitrogens with two attached hydrogens (primary N) is 1. The van der Waals surface area contributed by atoms with E-state index in [4.69, 9.17) is 5.73 Å². The molecule has 0 unspecified atom stereocenters. The first-order chi connectivity index (χ1) is 12.8. The molecule has 0 amide bonds. The van der Waals surface area contributed by atoms with Crippen LogP contribution in [-0.2, 0) is 6.18 Å². The Morgan fingerprint density at radius 1 is 1.15 bits per heavy atom. The van der Waals surface area contributed by atoms with Gasteiger partial charge in [-0.25, -0.2) is 15.0 Å². The van der Waals surface area contributed by atoms with Crippen molar-refractivity contribution >= 4 is 23.1 Å². The number of rotatable bonds is 3. The Labute approximate surface area is 150 Å². The van der Waals surface area contributed by atoms with Gasteiger partial charge in [-0.15, -0.1) is 0 Å². The molecule has 0 saturated carbocycles. The van der Waals surface area contributed by atoms with Crippen LogP contribution in [0.25, 0.3) is 17.0 Å². The van der Waals surface area contributed by atoms with Gasteiger partial charge in [0.05, 0.1) is 17.5 Å². The molecule has 4 heterocycles. The van der Waals surface area contributed by atoms with Gasteiger partial charge >= 0.3 is 6.18 Å². The van der Waals surface area contributed by atoms with E-state index in [0.29, 0.717) is 28.8 Å². The van der Waals surface area contributed by atoms with Crippen LogP contribution < -0.4 is 11.1 Å². The van der Waals surface area contributed by atoms with Gasteiger partial charge in [-0.2, -0.15) is 18.3 Å². The Balaban J connectivity index is 1.95. The molecule has 27 heavy (non-hydrogen) atoms. The molecule has 4 rings (SSSR count). The third kappa shape index (κ3) is 3.14.